The van der Waals surface area contributed by atoms with Gasteiger partial charge in [-0.05, 0) is 80.2 Å². The zero-order valence-corrected chi connectivity index (χ0v) is 21.1. The van der Waals surface area contributed by atoms with E-state index in [4.69, 9.17) is 4.74 Å². The van der Waals surface area contributed by atoms with Crippen molar-refractivity contribution < 1.29 is 18.7 Å². The van der Waals surface area contributed by atoms with Gasteiger partial charge in [-0.25, -0.2) is 4.39 Å². The van der Waals surface area contributed by atoms with E-state index in [9.17, 15) is 14.0 Å². The quantitative estimate of drug-likeness (QED) is 0.453. The molecule has 3 aromatic rings. The second-order valence-corrected chi connectivity index (χ2v) is 10.2. The molecule has 0 bridgehead atoms. The van der Waals surface area contributed by atoms with E-state index in [1.54, 1.807) is 60.7 Å². The van der Waals surface area contributed by atoms with E-state index in [1.807, 2.05) is 12.1 Å². The lowest BCUT2D eigenvalue weighted by atomic mass is 10.1. The Hall–Kier alpha value is -3.97. The molecule has 2 atom stereocenters. The van der Waals surface area contributed by atoms with Crippen molar-refractivity contribution in [1.82, 2.24) is 10.2 Å². The number of nitrogens with zero attached hydrogens (tertiary/aromatic N) is 2. The predicted octanol–water partition coefficient (Wildman–Crippen LogP) is 5.01. The van der Waals surface area contributed by atoms with Crippen molar-refractivity contribution in [3.8, 4) is 5.75 Å². The summed E-state index contributed by atoms with van der Waals surface area (Å²) in [5, 5.41) is 3.07. The molecule has 194 valence electrons. The van der Waals surface area contributed by atoms with Crippen LogP contribution in [0.1, 0.15) is 40.7 Å². The molecule has 1 N–H and O–H groups in total. The van der Waals surface area contributed by atoms with Crippen LogP contribution in [0.4, 0.5) is 10.1 Å². The average molecular weight is 512 g/mol. The van der Waals surface area contributed by atoms with Gasteiger partial charge in [0.1, 0.15) is 5.82 Å². The van der Waals surface area contributed by atoms with Gasteiger partial charge in [-0.2, -0.15) is 0 Å². The molecule has 1 aliphatic carbocycles. The second-order valence-electron chi connectivity index (χ2n) is 10.2. The van der Waals surface area contributed by atoms with Crippen LogP contribution in [-0.2, 0) is 11.3 Å². The van der Waals surface area contributed by atoms with Crippen LogP contribution in [0.2, 0.25) is 0 Å². The van der Waals surface area contributed by atoms with E-state index in [-0.39, 0.29) is 29.9 Å². The number of likely N-dealkylation sites (tertiary alicyclic amines) is 1. The highest BCUT2D eigenvalue weighted by Crippen LogP contribution is 2.38. The minimum Gasteiger partial charge on any atom is -0.449 e. The third kappa shape index (κ3) is 5.07. The lowest BCUT2D eigenvalue weighted by molar-refractivity contribution is -0.117. The van der Waals surface area contributed by atoms with Gasteiger partial charge in [0.2, 0.25) is 0 Å². The number of para-hydroxylation sites is 2. The van der Waals surface area contributed by atoms with Crippen molar-refractivity contribution >= 4 is 23.6 Å². The highest BCUT2D eigenvalue weighted by molar-refractivity contribution is 6.09. The molecule has 2 fully saturated rings. The zero-order valence-electron chi connectivity index (χ0n) is 21.1. The Morgan fingerprint density at radius 1 is 1.00 bits per heavy atom. The number of nitrogens with one attached hydrogen (secondary N) is 1. The van der Waals surface area contributed by atoms with Gasteiger partial charge < -0.3 is 15.0 Å². The highest BCUT2D eigenvalue weighted by Gasteiger charge is 2.42. The second kappa shape index (κ2) is 10.4. The van der Waals surface area contributed by atoms with Gasteiger partial charge in [-0.15, -0.1) is 0 Å². The van der Waals surface area contributed by atoms with Crippen LogP contribution < -0.4 is 15.0 Å². The first-order valence-corrected chi connectivity index (χ1v) is 13.2. The minimum atomic E-state index is -0.364. The number of carbonyl (C=O) groups is 2. The summed E-state index contributed by atoms with van der Waals surface area (Å²) in [5.74, 6) is 0.400. The fraction of sp³-hybridized carbons (Fsp3) is 0.290. The molecule has 2 heterocycles. The smallest absolute Gasteiger partial charge is 0.294 e. The Bertz CT molecular complexity index is 1380. The van der Waals surface area contributed by atoms with Crippen LogP contribution in [0.15, 0.2) is 78.6 Å². The summed E-state index contributed by atoms with van der Waals surface area (Å²) in [6, 6.07) is 21.4. The lowest BCUT2D eigenvalue weighted by Gasteiger charge is -2.30. The van der Waals surface area contributed by atoms with Gasteiger partial charge in [-0.1, -0.05) is 42.5 Å². The number of rotatable bonds is 7. The number of benzene rings is 3. The summed E-state index contributed by atoms with van der Waals surface area (Å²) < 4.78 is 20.3. The molecule has 7 heteroatoms. The normalized spacial score (nSPS) is 21.8. The fourth-order valence-electron chi connectivity index (χ4n) is 5.40. The van der Waals surface area contributed by atoms with Crippen molar-refractivity contribution in [3.05, 3.63) is 101 Å². The molecule has 0 spiro atoms. The van der Waals surface area contributed by atoms with Gasteiger partial charge in [0.25, 0.3) is 11.8 Å². The van der Waals surface area contributed by atoms with E-state index in [0.29, 0.717) is 41.1 Å². The molecule has 6 rings (SSSR count). The number of hydrogen-bond acceptors (Lipinski definition) is 4. The average Bonchev–Trinajstić information content (AvgIpc) is 3.51. The predicted molar refractivity (Wildman–Crippen MR) is 144 cm³/mol. The Labute approximate surface area is 221 Å². The third-order valence-electron chi connectivity index (χ3n) is 7.61. The molecule has 6 nitrogen and oxygen atoms in total. The van der Waals surface area contributed by atoms with Crippen LogP contribution in [-0.4, -0.2) is 42.4 Å². The van der Waals surface area contributed by atoms with Gasteiger partial charge in [0.15, 0.2) is 11.5 Å². The molecule has 38 heavy (non-hydrogen) atoms. The molecule has 2 unspecified atom stereocenters. The molecule has 1 saturated carbocycles. The lowest BCUT2D eigenvalue weighted by Crippen LogP contribution is -2.37. The maximum atomic E-state index is 14.4. The highest BCUT2D eigenvalue weighted by atomic mass is 19.1. The number of fused-ring (bicyclic) bond motifs is 1. The Morgan fingerprint density at radius 2 is 1.74 bits per heavy atom. The standard InChI is InChI=1S/C31H30FN3O3/c32-25-8-2-1-7-23(25)20-35-26-9-3-4-10-28(26)38-29(31(35)37)17-21-11-13-22(14-12-21)30(36)33-19-24-18-27(24)34-15-5-6-16-34/h1-4,7-14,17,24,27H,5-6,15-16,18-20H2,(H,33,36)/b29-17-. The van der Waals surface area contributed by atoms with Crippen molar-refractivity contribution in [1.29, 1.82) is 0 Å². The molecule has 0 radical (unpaired) electrons. The zero-order chi connectivity index (χ0) is 26.1. The third-order valence-corrected chi connectivity index (χ3v) is 7.61. The number of halogens is 1. The summed E-state index contributed by atoms with van der Waals surface area (Å²) in [4.78, 5) is 30.2. The number of hydrogen-bond donors (Lipinski definition) is 1. The topological polar surface area (TPSA) is 61.9 Å². The number of anilines is 1. The Morgan fingerprint density at radius 3 is 2.53 bits per heavy atom. The SMILES string of the molecule is O=C(NCC1CC1N1CCCC1)c1ccc(/C=C2\Oc3ccccc3N(Cc3ccccc3F)C2=O)cc1. The Kier molecular flexibility index (Phi) is 6.68. The van der Waals surface area contributed by atoms with Gasteiger partial charge >= 0.3 is 0 Å². The summed E-state index contributed by atoms with van der Waals surface area (Å²) in [6.07, 6.45) is 5.38. The molecular formula is C31H30FN3O3. The van der Waals surface area contributed by atoms with E-state index in [2.05, 4.69) is 10.2 Å². The first-order valence-electron chi connectivity index (χ1n) is 13.2. The minimum absolute atomic E-state index is 0.0853. The molecule has 0 aromatic heterocycles. The maximum Gasteiger partial charge on any atom is 0.294 e. The van der Waals surface area contributed by atoms with Crippen molar-refractivity contribution in [2.45, 2.75) is 31.8 Å². The van der Waals surface area contributed by atoms with E-state index in [0.717, 1.165) is 12.0 Å². The van der Waals surface area contributed by atoms with Gasteiger partial charge in [0, 0.05) is 23.7 Å². The van der Waals surface area contributed by atoms with Crippen molar-refractivity contribution in [3.63, 3.8) is 0 Å². The summed E-state index contributed by atoms with van der Waals surface area (Å²) in [7, 11) is 0. The molecule has 2 aliphatic heterocycles. The molecular weight excluding hydrogens is 481 g/mol. The number of carbonyl (C=O) groups excluding carboxylic acids is 2. The van der Waals surface area contributed by atoms with Crippen LogP contribution in [0, 0.1) is 11.7 Å². The van der Waals surface area contributed by atoms with Crippen molar-refractivity contribution in [2.24, 2.45) is 5.92 Å². The largest absolute Gasteiger partial charge is 0.449 e. The molecule has 1 saturated heterocycles. The first kappa shape index (κ1) is 24.4. The van der Waals surface area contributed by atoms with Crippen LogP contribution in [0.3, 0.4) is 0 Å². The molecule has 3 aliphatic rings. The number of amides is 2. The van der Waals surface area contributed by atoms with Gasteiger partial charge in [-0.3, -0.25) is 14.5 Å². The van der Waals surface area contributed by atoms with Crippen LogP contribution in [0.25, 0.3) is 6.08 Å². The monoisotopic (exact) mass is 511 g/mol. The maximum absolute atomic E-state index is 14.4. The summed E-state index contributed by atoms with van der Waals surface area (Å²) >= 11 is 0. The summed E-state index contributed by atoms with van der Waals surface area (Å²) in [5.41, 5.74) is 2.32. The summed E-state index contributed by atoms with van der Waals surface area (Å²) in [6.45, 7) is 3.16. The van der Waals surface area contributed by atoms with Crippen LogP contribution in [0.5, 0.6) is 5.75 Å². The van der Waals surface area contributed by atoms with Crippen LogP contribution >= 0.6 is 0 Å². The number of ether oxygens (including phenoxy) is 1. The fourth-order valence-corrected chi connectivity index (χ4v) is 5.40. The van der Waals surface area contributed by atoms with E-state index < -0.39 is 0 Å². The van der Waals surface area contributed by atoms with Crippen molar-refractivity contribution in [2.75, 3.05) is 24.5 Å². The van der Waals surface area contributed by atoms with Gasteiger partial charge in [0.05, 0.1) is 12.2 Å². The van der Waals surface area contributed by atoms with E-state index >= 15 is 0 Å². The first-order chi connectivity index (χ1) is 18.6. The molecule has 2 amide bonds. The molecule has 3 aromatic carbocycles. The Balaban J connectivity index is 1.14. The van der Waals surface area contributed by atoms with E-state index in [1.165, 1.54) is 36.9 Å².